The molecule has 0 unspecified atom stereocenters. The summed E-state index contributed by atoms with van der Waals surface area (Å²) in [6.45, 7) is 4.57. The molecule has 0 aromatic rings. The highest BCUT2D eigenvalue weighted by atomic mass is 16.3. The molecule has 0 heterocycles. The first-order valence-corrected chi connectivity index (χ1v) is 6.88. The van der Waals surface area contributed by atoms with Crippen LogP contribution in [0.1, 0.15) is 51.9 Å². The Morgan fingerprint density at radius 3 is 2.88 bits per heavy atom. The second-order valence-electron chi connectivity index (χ2n) is 5.44. The fraction of sp³-hybridized carbons (Fsp3) is 0.857. The van der Waals surface area contributed by atoms with Crippen LogP contribution in [0.15, 0.2) is 11.1 Å². The van der Waals surface area contributed by atoms with E-state index in [-0.39, 0.29) is 6.10 Å². The molecule has 2 rings (SSSR count). The summed E-state index contributed by atoms with van der Waals surface area (Å²) in [7, 11) is 0. The molecule has 0 radical (unpaired) electrons. The molecule has 2 atom stereocenters. The Balaban J connectivity index is 1.70. The third kappa shape index (κ3) is 3.08. The number of rotatable bonds is 5. The molecule has 2 aliphatic carbocycles. The topological polar surface area (TPSA) is 32.3 Å². The van der Waals surface area contributed by atoms with E-state index in [9.17, 15) is 5.11 Å². The van der Waals surface area contributed by atoms with Crippen molar-refractivity contribution in [3.8, 4) is 0 Å². The van der Waals surface area contributed by atoms with E-state index in [2.05, 4.69) is 12.2 Å². The minimum atomic E-state index is -0.0504. The summed E-state index contributed by atoms with van der Waals surface area (Å²) in [5.74, 6) is 0.812. The van der Waals surface area contributed by atoms with Gasteiger partial charge in [0.1, 0.15) is 0 Å². The van der Waals surface area contributed by atoms with E-state index in [1.165, 1.54) is 38.8 Å². The zero-order chi connectivity index (χ0) is 11.4. The second-order valence-corrected chi connectivity index (χ2v) is 5.44. The van der Waals surface area contributed by atoms with Crippen LogP contribution in [0.25, 0.3) is 0 Å². The molecular weight excluding hydrogens is 198 g/mol. The molecule has 0 aromatic heterocycles. The fourth-order valence-electron chi connectivity index (χ4n) is 3.04. The van der Waals surface area contributed by atoms with Crippen LogP contribution in [-0.2, 0) is 0 Å². The minimum absolute atomic E-state index is 0.0504. The largest absolute Gasteiger partial charge is 0.393 e. The average Bonchev–Trinajstić information content (AvgIpc) is 2.66. The van der Waals surface area contributed by atoms with E-state index in [1.807, 2.05) is 0 Å². The first-order valence-electron chi connectivity index (χ1n) is 6.88. The monoisotopic (exact) mass is 223 g/mol. The smallest absolute Gasteiger partial charge is 0.0580 e. The summed E-state index contributed by atoms with van der Waals surface area (Å²) in [4.78, 5) is 0. The quantitative estimate of drug-likeness (QED) is 0.555. The van der Waals surface area contributed by atoms with E-state index in [1.54, 1.807) is 11.1 Å². The summed E-state index contributed by atoms with van der Waals surface area (Å²) >= 11 is 0. The van der Waals surface area contributed by atoms with Crippen LogP contribution in [-0.4, -0.2) is 24.3 Å². The normalized spacial score (nSPS) is 29.6. The van der Waals surface area contributed by atoms with E-state index < -0.39 is 0 Å². The van der Waals surface area contributed by atoms with Crippen molar-refractivity contribution in [1.82, 2.24) is 5.32 Å². The van der Waals surface area contributed by atoms with Crippen LogP contribution in [0.4, 0.5) is 0 Å². The SMILES string of the molecule is CCCCNC[C@H]1CC2=C(C[C@H](O)CC2)C1. The Kier molecular flexibility index (Phi) is 4.42. The Morgan fingerprint density at radius 2 is 2.06 bits per heavy atom. The number of hydrogen-bond donors (Lipinski definition) is 2. The molecule has 2 aliphatic rings. The van der Waals surface area contributed by atoms with E-state index in [0.717, 1.165) is 25.2 Å². The van der Waals surface area contributed by atoms with Gasteiger partial charge in [0.2, 0.25) is 0 Å². The molecule has 2 heteroatoms. The standard InChI is InChI=1S/C14H25NO/c1-2-3-6-15-10-11-7-12-4-5-14(16)9-13(12)8-11/h11,14-16H,2-10H2,1H3/t11-,14+/m0/s1. The van der Waals surface area contributed by atoms with Gasteiger partial charge in [0, 0.05) is 0 Å². The van der Waals surface area contributed by atoms with Crippen LogP contribution in [0.2, 0.25) is 0 Å². The zero-order valence-corrected chi connectivity index (χ0v) is 10.5. The molecule has 0 amide bonds. The fourth-order valence-corrected chi connectivity index (χ4v) is 3.04. The van der Waals surface area contributed by atoms with Crippen LogP contribution in [0, 0.1) is 5.92 Å². The van der Waals surface area contributed by atoms with Gasteiger partial charge in [-0.05, 0) is 57.5 Å². The molecule has 0 bridgehead atoms. The van der Waals surface area contributed by atoms with Crippen molar-refractivity contribution in [2.75, 3.05) is 13.1 Å². The van der Waals surface area contributed by atoms with Gasteiger partial charge in [-0.3, -0.25) is 0 Å². The van der Waals surface area contributed by atoms with E-state index in [0.29, 0.717) is 0 Å². The van der Waals surface area contributed by atoms with Gasteiger partial charge in [-0.25, -0.2) is 0 Å². The maximum absolute atomic E-state index is 9.64. The molecule has 2 N–H and O–H groups in total. The van der Waals surface area contributed by atoms with Crippen molar-refractivity contribution >= 4 is 0 Å². The molecule has 16 heavy (non-hydrogen) atoms. The number of aliphatic hydroxyl groups excluding tert-OH is 1. The molecule has 0 fully saturated rings. The first kappa shape index (κ1) is 12.1. The Labute approximate surface area is 99.1 Å². The van der Waals surface area contributed by atoms with Gasteiger partial charge in [0.05, 0.1) is 6.10 Å². The van der Waals surface area contributed by atoms with Crippen molar-refractivity contribution in [3.05, 3.63) is 11.1 Å². The number of nitrogens with one attached hydrogen (secondary N) is 1. The van der Waals surface area contributed by atoms with Gasteiger partial charge in [-0.15, -0.1) is 0 Å². The molecule has 92 valence electrons. The number of unbranched alkanes of at least 4 members (excludes halogenated alkanes) is 1. The van der Waals surface area contributed by atoms with Crippen LogP contribution < -0.4 is 5.32 Å². The maximum Gasteiger partial charge on any atom is 0.0580 e. The molecule has 2 nitrogen and oxygen atoms in total. The van der Waals surface area contributed by atoms with Gasteiger partial charge < -0.3 is 10.4 Å². The summed E-state index contributed by atoms with van der Waals surface area (Å²) in [6.07, 6.45) is 8.16. The predicted octanol–water partition coefficient (Wildman–Crippen LogP) is 2.63. The predicted molar refractivity (Wildman–Crippen MR) is 67.4 cm³/mol. The molecule has 0 aliphatic heterocycles. The number of hydrogen-bond acceptors (Lipinski definition) is 2. The lowest BCUT2D eigenvalue weighted by molar-refractivity contribution is 0.158. The number of allylic oxidation sites excluding steroid dienone is 1. The van der Waals surface area contributed by atoms with Crippen molar-refractivity contribution in [3.63, 3.8) is 0 Å². The Hall–Kier alpha value is -0.340. The highest BCUT2D eigenvalue weighted by Crippen LogP contribution is 2.39. The van der Waals surface area contributed by atoms with Crippen LogP contribution in [0.5, 0.6) is 0 Å². The van der Waals surface area contributed by atoms with Gasteiger partial charge in [0.15, 0.2) is 0 Å². The van der Waals surface area contributed by atoms with Crippen molar-refractivity contribution in [2.24, 2.45) is 5.92 Å². The summed E-state index contributed by atoms with van der Waals surface area (Å²) in [5, 5.41) is 13.2. The molecular formula is C14H25NO. The van der Waals surface area contributed by atoms with E-state index >= 15 is 0 Å². The lowest BCUT2D eigenvalue weighted by Crippen LogP contribution is -2.22. The highest BCUT2D eigenvalue weighted by molar-refractivity contribution is 5.24. The van der Waals surface area contributed by atoms with Crippen LogP contribution in [0.3, 0.4) is 0 Å². The summed E-state index contributed by atoms with van der Waals surface area (Å²) in [5.41, 5.74) is 3.26. The highest BCUT2D eigenvalue weighted by Gasteiger charge is 2.28. The number of aliphatic hydroxyl groups is 1. The van der Waals surface area contributed by atoms with Gasteiger partial charge in [-0.1, -0.05) is 24.5 Å². The second kappa shape index (κ2) is 5.83. The van der Waals surface area contributed by atoms with Crippen molar-refractivity contribution < 1.29 is 5.11 Å². The average molecular weight is 223 g/mol. The van der Waals surface area contributed by atoms with E-state index in [4.69, 9.17) is 0 Å². The van der Waals surface area contributed by atoms with Crippen molar-refractivity contribution in [2.45, 2.75) is 58.0 Å². The lowest BCUT2D eigenvalue weighted by Gasteiger charge is -2.18. The van der Waals surface area contributed by atoms with Gasteiger partial charge >= 0.3 is 0 Å². The summed E-state index contributed by atoms with van der Waals surface area (Å²) < 4.78 is 0. The maximum atomic E-state index is 9.64. The molecule has 0 spiro atoms. The molecule has 0 saturated carbocycles. The van der Waals surface area contributed by atoms with Crippen molar-refractivity contribution in [1.29, 1.82) is 0 Å². The zero-order valence-electron chi connectivity index (χ0n) is 10.5. The lowest BCUT2D eigenvalue weighted by atomic mass is 9.92. The summed E-state index contributed by atoms with van der Waals surface area (Å²) in [6, 6.07) is 0. The van der Waals surface area contributed by atoms with Gasteiger partial charge in [-0.2, -0.15) is 0 Å². The molecule has 0 aromatic carbocycles. The third-order valence-corrected chi connectivity index (χ3v) is 3.97. The minimum Gasteiger partial charge on any atom is -0.393 e. The Bertz CT molecular complexity index is 259. The van der Waals surface area contributed by atoms with Crippen LogP contribution >= 0.6 is 0 Å². The first-order chi connectivity index (χ1) is 7.79. The Morgan fingerprint density at radius 1 is 1.25 bits per heavy atom. The third-order valence-electron chi connectivity index (χ3n) is 3.97. The van der Waals surface area contributed by atoms with Gasteiger partial charge in [0.25, 0.3) is 0 Å². The molecule has 0 saturated heterocycles.